The Bertz CT molecular complexity index is 993. The third-order valence-corrected chi connectivity index (χ3v) is 5.78. The molecular weight excluding hydrogens is 400 g/mol. The molecule has 32 heavy (non-hydrogen) atoms. The third kappa shape index (κ3) is 6.20. The summed E-state index contributed by atoms with van der Waals surface area (Å²) in [6.07, 6.45) is 2.05. The number of H-pyrrole nitrogens is 1. The van der Waals surface area contributed by atoms with Gasteiger partial charge in [0.25, 0.3) is 5.91 Å². The van der Waals surface area contributed by atoms with Gasteiger partial charge in [0.05, 0.1) is 18.5 Å². The molecule has 6 nitrogen and oxygen atoms in total. The van der Waals surface area contributed by atoms with E-state index in [4.69, 9.17) is 4.74 Å². The SMILES string of the molecule is CCN(CC)CCCC(C)NC(=O)c1ccc(-c2cc(-c3cccc(OC)c3)n[nH]2)cc1. The molecule has 0 aliphatic rings. The van der Waals surface area contributed by atoms with Gasteiger partial charge >= 0.3 is 0 Å². The topological polar surface area (TPSA) is 70.2 Å². The lowest BCUT2D eigenvalue weighted by molar-refractivity contribution is 0.0937. The first-order valence-corrected chi connectivity index (χ1v) is 11.4. The lowest BCUT2D eigenvalue weighted by Gasteiger charge is -2.19. The summed E-state index contributed by atoms with van der Waals surface area (Å²) in [5.74, 6) is 0.762. The van der Waals surface area contributed by atoms with Gasteiger partial charge in [-0.05, 0) is 75.3 Å². The van der Waals surface area contributed by atoms with Gasteiger partial charge in [0.1, 0.15) is 5.75 Å². The molecule has 2 aromatic carbocycles. The summed E-state index contributed by atoms with van der Waals surface area (Å²) in [6.45, 7) is 9.65. The molecule has 1 amide bonds. The van der Waals surface area contributed by atoms with Crippen molar-refractivity contribution in [1.82, 2.24) is 20.4 Å². The highest BCUT2D eigenvalue weighted by molar-refractivity contribution is 5.94. The number of carbonyl (C=O) groups excluding carboxylic acids is 1. The molecule has 1 atom stereocenters. The first-order chi connectivity index (χ1) is 15.5. The van der Waals surface area contributed by atoms with Crippen molar-refractivity contribution >= 4 is 5.91 Å². The van der Waals surface area contributed by atoms with Crippen molar-refractivity contribution in [1.29, 1.82) is 0 Å². The lowest BCUT2D eigenvalue weighted by Crippen LogP contribution is -2.33. The molecule has 3 rings (SSSR count). The average Bonchev–Trinajstić information content (AvgIpc) is 3.32. The fourth-order valence-electron chi connectivity index (χ4n) is 3.74. The number of carbonyl (C=O) groups is 1. The number of aromatic amines is 1. The van der Waals surface area contributed by atoms with Gasteiger partial charge in [-0.2, -0.15) is 5.10 Å². The smallest absolute Gasteiger partial charge is 0.251 e. The molecule has 1 heterocycles. The van der Waals surface area contributed by atoms with Gasteiger partial charge in [0.2, 0.25) is 0 Å². The minimum Gasteiger partial charge on any atom is -0.497 e. The van der Waals surface area contributed by atoms with Crippen LogP contribution >= 0.6 is 0 Å². The van der Waals surface area contributed by atoms with Gasteiger partial charge in [-0.25, -0.2) is 0 Å². The van der Waals surface area contributed by atoms with E-state index in [1.54, 1.807) is 7.11 Å². The van der Waals surface area contributed by atoms with Crippen LogP contribution < -0.4 is 10.1 Å². The van der Waals surface area contributed by atoms with Gasteiger partial charge in [0.15, 0.2) is 0 Å². The Hall–Kier alpha value is -3.12. The Morgan fingerprint density at radius 1 is 1.09 bits per heavy atom. The molecule has 0 spiro atoms. The first kappa shape index (κ1) is 23.5. The molecule has 0 fully saturated rings. The molecule has 0 bridgehead atoms. The average molecular weight is 435 g/mol. The summed E-state index contributed by atoms with van der Waals surface area (Å²) in [7, 11) is 1.65. The molecule has 6 heteroatoms. The lowest BCUT2D eigenvalue weighted by atomic mass is 10.1. The number of ether oxygens (including phenoxy) is 1. The first-order valence-electron chi connectivity index (χ1n) is 11.4. The number of methoxy groups -OCH3 is 1. The Kier molecular flexibility index (Phi) is 8.45. The van der Waals surface area contributed by atoms with Gasteiger partial charge in [0, 0.05) is 17.2 Å². The molecular formula is C26H34N4O2. The fourth-order valence-corrected chi connectivity index (χ4v) is 3.74. The predicted molar refractivity (Wildman–Crippen MR) is 130 cm³/mol. The third-order valence-electron chi connectivity index (χ3n) is 5.78. The maximum atomic E-state index is 12.6. The second-order valence-corrected chi connectivity index (χ2v) is 8.02. The Balaban J connectivity index is 1.58. The Labute approximate surface area is 191 Å². The number of amides is 1. The molecule has 170 valence electrons. The molecule has 0 radical (unpaired) electrons. The monoisotopic (exact) mass is 434 g/mol. The van der Waals surface area contributed by atoms with E-state index in [1.807, 2.05) is 54.6 Å². The maximum Gasteiger partial charge on any atom is 0.251 e. The van der Waals surface area contributed by atoms with Crippen LogP contribution in [0.2, 0.25) is 0 Å². The number of hydrogen-bond donors (Lipinski definition) is 2. The number of hydrogen-bond acceptors (Lipinski definition) is 4. The van der Waals surface area contributed by atoms with Crippen LogP contribution in [-0.2, 0) is 0 Å². The number of nitrogens with zero attached hydrogens (tertiary/aromatic N) is 2. The van der Waals surface area contributed by atoms with E-state index in [0.717, 1.165) is 60.7 Å². The van der Waals surface area contributed by atoms with Crippen LogP contribution in [0.3, 0.4) is 0 Å². The zero-order chi connectivity index (χ0) is 22.9. The largest absolute Gasteiger partial charge is 0.497 e. The Morgan fingerprint density at radius 2 is 1.84 bits per heavy atom. The van der Waals surface area contributed by atoms with Crippen LogP contribution in [0.5, 0.6) is 5.75 Å². The molecule has 3 aromatic rings. The number of nitrogens with one attached hydrogen (secondary N) is 2. The van der Waals surface area contributed by atoms with Crippen molar-refractivity contribution < 1.29 is 9.53 Å². The summed E-state index contributed by atoms with van der Waals surface area (Å²) < 4.78 is 5.30. The van der Waals surface area contributed by atoms with Gasteiger partial charge in [-0.1, -0.05) is 38.1 Å². The molecule has 1 aromatic heterocycles. The van der Waals surface area contributed by atoms with E-state index >= 15 is 0 Å². The summed E-state index contributed by atoms with van der Waals surface area (Å²) in [6, 6.07) is 17.6. The quantitative estimate of drug-likeness (QED) is 0.446. The van der Waals surface area contributed by atoms with Crippen molar-refractivity contribution in [3.63, 3.8) is 0 Å². The van der Waals surface area contributed by atoms with Gasteiger partial charge in [-0.3, -0.25) is 9.89 Å². The Morgan fingerprint density at radius 3 is 2.53 bits per heavy atom. The standard InChI is InChI=1S/C26H34N4O2/c1-5-30(6-2)16-8-9-19(3)27-26(31)21-14-12-20(13-15-21)24-18-25(29-28-24)22-10-7-11-23(17-22)32-4/h7,10-15,17-19H,5-6,8-9,16H2,1-4H3,(H,27,31)(H,28,29). The van der Waals surface area contributed by atoms with Crippen LogP contribution in [0.15, 0.2) is 54.6 Å². The fraction of sp³-hybridized carbons (Fsp3) is 0.385. The van der Waals surface area contributed by atoms with Crippen LogP contribution in [0.25, 0.3) is 22.5 Å². The van der Waals surface area contributed by atoms with Crippen LogP contribution in [0.1, 0.15) is 44.0 Å². The zero-order valence-electron chi connectivity index (χ0n) is 19.5. The molecule has 2 N–H and O–H groups in total. The van der Waals surface area contributed by atoms with E-state index in [0.29, 0.717) is 5.56 Å². The van der Waals surface area contributed by atoms with Crippen molar-refractivity contribution in [3.8, 4) is 28.3 Å². The van der Waals surface area contributed by atoms with Gasteiger partial charge in [-0.15, -0.1) is 0 Å². The second-order valence-electron chi connectivity index (χ2n) is 8.02. The highest BCUT2D eigenvalue weighted by Crippen LogP contribution is 2.26. The van der Waals surface area contributed by atoms with Crippen molar-refractivity contribution in [2.45, 2.75) is 39.7 Å². The van der Waals surface area contributed by atoms with E-state index in [-0.39, 0.29) is 11.9 Å². The summed E-state index contributed by atoms with van der Waals surface area (Å²) in [4.78, 5) is 15.0. The highest BCUT2D eigenvalue weighted by atomic mass is 16.5. The zero-order valence-corrected chi connectivity index (χ0v) is 19.5. The van der Waals surface area contributed by atoms with Crippen molar-refractivity contribution in [3.05, 3.63) is 60.2 Å². The predicted octanol–water partition coefficient (Wildman–Crippen LogP) is 4.99. The van der Waals surface area contributed by atoms with Gasteiger partial charge < -0.3 is 15.0 Å². The van der Waals surface area contributed by atoms with E-state index in [2.05, 4.69) is 41.2 Å². The highest BCUT2D eigenvalue weighted by Gasteiger charge is 2.12. The van der Waals surface area contributed by atoms with Crippen molar-refractivity contribution in [2.24, 2.45) is 0 Å². The van der Waals surface area contributed by atoms with Crippen LogP contribution in [0, 0.1) is 0 Å². The summed E-state index contributed by atoms with van der Waals surface area (Å²) in [5.41, 5.74) is 4.38. The molecule has 0 aliphatic heterocycles. The second kappa shape index (κ2) is 11.5. The van der Waals surface area contributed by atoms with Crippen molar-refractivity contribution in [2.75, 3.05) is 26.7 Å². The normalized spacial score (nSPS) is 12.0. The number of rotatable bonds is 11. The van der Waals surface area contributed by atoms with E-state index in [9.17, 15) is 4.79 Å². The number of aromatic nitrogens is 2. The maximum absolute atomic E-state index is 12.6. The summed E-state index contributed by atoms with van der Waals surface area (Å²) in [5, 5.41) is 10.6. The molecule has 0 saturated carbocycles. The minimum absolute atomic E-state index is 0.0337. The molecule has 0 aliphatic carbocycles. The molecule has 1 unspecified atom stereocenters. The number of benzene rings is 2. The molecule has 0 saturated heterocycles. The van der Waals surface area contributed by atoms with E-state index < -0.39 is 0 Å². The van der Waals surface area contributed by atoms with Crippen LogP contribution in [0.4, 0.5) is 0 Å². The minimum atomic E-state index is -0.0337. The van der Waals surface area contributed by atoms with Crippen LogP contribution in [-0.4, -0.2) is 53.8 Å². The van der Waals surface area contributed by atoms with E-state index in [1.165, 1.54) is 0 Å². The summed E-state index contributed by atoms with van der Waals surface area (Å²) >= 11 is 0.